The van der Waals surface area contributed by atoms with Crippen molar-refractivity contribution in [3.63, 3.8) is 0 Å². The maximum absolute atomic E-state index is 9.13. The fourth-order valence-corrected chi connectivity index (χ4v) is 2.44. The van der Waals surface area contributed by atoms with E-state index in [1.54, 1.807) is 24.3 Å². The maximum Gasteiger partial charge on any atom is 0.250 e. The Morgan fingerprint density at radius 3 is 1.88 bits per heavy atom. The minimum Gasteiger partial charge on any atom is -0.392 e. The summed E-state index contributed by atoms with van der Waals surface area (Å²) < 4.78 is -3.83. The highest BCUT2D eigenvalue weighted by Crippen LogP contribution is 2.40. The summed E-state index contributed by atoms with van der Waals surface area (Å²) in [4.78, 5) is 11.9. The SMILES string of the molecule is OCc1ccc(/C=C/c2nc(C(Cl)(Cl)Cl)nc(C(Cl)(Cl)Cl)n2)cc1Cl. The van der Waals surface area contributed by atoms with Crippen LogP contribution in [0, 0.1) is 0 Å². The van der Waals surface area contributed by atoms with Crippen molar-refractivity contribution in [2.75, 3.05) is 0 Å². The Morgan fingerprint density at radius 2 is 1.44 bits per heavy atom. The number of benzene rings is 1. The number of aromatic nitrogens is 3. The number of alkyl halides is 6. The van der Waals surface area contributed by atoms with Crippen molar-refractivity contribution in [2.24, 2.45) is 0 Å². The fourth-order valence-electron chi connectivity index (χ4n) is 1.69. The van der Waals surface area contributed by atoms with Gasteiger partial charge in [-0.25, -0.2) is 15.0 Å². The quantitative estimate of drug-likeness (QED) is 0.559. The van der Waals surface area contributed by atoms with Gasteiger partial charge in [0.15, 0.2) is 17.5 Å². The van der Waals surface area contributed by atoms with Crippen LogP contribution in [0.1, 0.15) is 28.6 Å². The second-order valence-corrected chi connectivity index (χ2v) is 9.65. The smallest absolute Gasteiger partial charge is 0.250 e. The molecule has 2 rings (SSSR count). The first-order chi connectivity index (χ1) is 11.5. The van der Waals surface area contributed by atoms with E-state index in [9.17, 15) is 0 Å². The summed E-state index contributed by atoms with van der Waals surface area (Å²) in [6, 6.07) is 5.10. The van der Waals surface area contributed by atoms with Gasteiger partial charge in [-0.15, -0.1) is 0 Å². The van der Waals surface area contributed by atoms with Gasteiger partial charge in [-0.05, 0) is 23.3 Å². The molecule has 134 valence electrons. The van der Waals surface area contributed by atoms with Gasteiger partial charge in [0.05, 0.1) is 6.61 Å². The highest BCUT2D eigenvalue weighted by Gasteiger charge is 2.33. The normalized spacial score (nSPS) is 12.8. The molecule has 11 heteroatoms. The molecule has 0 fully saturated rings. The topological polar surface area (TPSA) is 58.9 Å². The Balaban J connectivity index is 2.43. The Labute approximate surface area is 178 Å². The van der Waals surface area contributed by atoms with E-state index in [0.29, 0.717) is 10.6 Å². The van der Waals surface area contributed by atoms with Crippen LogP contribution in [0.2, 0.25) is 5.02 Å². The molecule has 0 saturated heterocycles. The summed E-state index contributed by atoms with van der Waals surface area (Å²) in [5, 5.41) is 9.55. The number of aliphatic hydroxyl groups excluding tert-OH is 1. The number of aliphatic hydroxyl groups is 1. The molecule has 4 nitrogen and oxygen atoms in total. The van der Waals surface area contributed by atoms with E-state index in [4.69, 9.17) is 86.3 Å². The lowest BCUT2D eigenvalue weighted by Crippen LogP contribution is -2.16. The largest absolute Gasteiger partial charge is 0.392 e. The van der Waals surface area contributed by atoms with E-state index >= 15 is 0 Å². The summed E-state index contributed by atoms with van der Waals surface area (Å²) in [5.74, 6) is -0.232. The minimum absolute atomic E-state index is 0.125. The molecule has 0 aliphatic carbocycles. The summed E-state index contributed by atoms with van der Waals surface area (Å²) in [6.45, 7) is -0.157. The van der Waals surface area contributed by atoms with Crippen LogP contribution in [-0.4, -0.2) is 20.1 Å². The molecule has 0 spiro atoms. The third-order valence-electron chi connectivity index (χ3n) is 2.83. The average molecular weight is 482 g/mol. The molecule has 2 aromatic rings. The lowest BCUT2D eigenvalue weighted by atomic mass is 10.1. The predicted molar refractivity (Wildman–Crippen MR) is 105 cm³/mol. The molecule has 0 aliphatic heterocycles. The first kappa shape index (κ1) is 21.3. The second-order valence-electron chi connectivity index (χ2n) is 4.68. The van der Waals surface area contributed by atoms with Crippen LogP contribution in [0.4, 0.5) is 0 Å². The first-order valence-corrected chi connectivity index (χ1v) is 9.13. The molecule has 0 unspecified atom stereocenters. The van der Waals surface area contributed by atoms with Gasteiger partial charge in [0.25, 0.3) is 0 Å². The van der Waals surface area contributed by atoms with E-state index in [1.165, 1.54) is 6.08 Å². The molecule has 0 amide bonds. The summed E-state index contributed by atoms with van der Waals surface area (Å²) >= 11 is 40.9. The van der Waals surface area contributed by atoms with Gasteiger partial charge >= 0.3 is 0 Å². The first-order valence-electron chi connectivity index (χ1n) is 6.48. The fraction of sp³-hybridized carbons (Fsp3) is 0.214. The standard InChI is InChI=1S/C14H8Cl7N3O/c15-9-5-7(1-3-8(9)6-25)2-4-10-22-11(13(16,17)18)24-12(23-10)14(19,20)21/h1-5,25H,6H2/b4-2+. The van der Waals surface area contributed by atoms with Gasteiger partial charge in [0.2, 0.25) is 7.59 Å². The number of hydrogen-bond acceptors (Lipinski definition) is 4. The van der Waals surface area contributed by atoms with Crippen molar-refractivity contribution in [3.8, 4) is 0 Å². The summed E-state index contributed by atoms with van der Waals surface area (Å²) in [7, 11) is 0. The van der Waals surface area contributed by atoms with E-state index in [2.05, 4.69) is 15.0 Å². The predicted octanol–water partition coefficient (Wildman–Crippen LogP) is 5.84. The van der Waals surface area contributed by atoms with E-state index in [1.807, 2.05) is 0 Å². The van der Waals surface area contributed by atoms with Crippen molar-refractivity contribution >= 4 is 93.4 Å². The molecule has 1 heterocycles. The Bertz CT molecular complexity index is 768. The van der Waals surface area contributed by atoms with E-state index < -0.39 is 7.59 Å². The molecule has 1 aromatic carbocycles. The van der Waals surface area contributed by atoms with Gasteiger partial charge in [-0.1, -0.05) is 99.4 Å². The molecule has 0 aliphatic rings. The number of hydrogen-bond donors (Lipinski definition) is 1. The summed E-state index contributed by atoms with van der Waals surface area (Å²) in [6.07, 6.45) is 3.18. The lowest BCUT2D eigenvalue weighted by Gasteiger charge is -2.14. The zero-order valence-electron chi connectivity index (χ0n) is 12.0. The molecule has 1 aromatic heterocycles. The monoisotopic (exact) mass is 479 g/mol. The maximum atomic E-state index is 9.13. The van der Waals surface area contributed by atoms with Crippen LogP contribution in [0.25, 0.3) is 12.2 Å². The van der Waals surface area contributed by atoms with Crippen molar-refractivity contribution < 1.29 is 5.11 Å². The van der Waals surface area contributed by atoms with Crippen LogP contribution in [0.5, 0.6) is 0 Å². The van der Waals surface area contributed by atoms with Gasteiger partial charge < -0.3 is 5.11 Å². The molecular weight excluding hydrogens is 474 g/mol. The van der Waals surface area contributed by atoms with Crippen molar-refractivity contribution in [3.05, 3.63) is 51.8 Å². The zero-order chi connectivity index (χ0) is 18.8. The van der Waals surface area contributed by atoms with Crippen molar-refractivity contribution in [2.45, 2.75) is 14.2 Å². The highest BCUT2D eigenvalue weighted by atomic mass is 35.6. The zero-order valence-corrected chi connectivity index (χ0v) is 17.3. The Kier molecular flexibility index (Phi) is 7.08. The van der Waals surface area contributed by atoms with Gasteiger partial charge in [-0.3, -0.25) is 0 Å². The average Bonchev–Trinajstić information content (AvgIpc) is 2.51. The van der Waals surface area contributed by atoms with Gasteiger partial charge in [-0.2, -0.15) is 0 Å². The van der Waals surface area contributed by atoms with Gasteiger partial charge in [0.1, 0.15) is 0 Å². The van der Waals surface area contributed by atoms with Crippen molar-refractivity contribution in [1.29, 1.82) is 0 Å². The molecule has 25 heavy (non-hydrogen) atoms. The number of rotatable bonds is 3. The number of nitrogens with zero attached hydrogens (tertiary/aromatic N) is 3. The van der Waals surface area contributed by atoms with Crippen molar-refractivity contribution in [1.82, 2.24) is 15.0 Å². The third-order valence-corrected chi connectivity index (χ3v) is 4.20. The van der Waals surface area contributed by atoms with Gasteiger partial charge in [0, 0.05) is 5.02 Å². The molecule has 1 N–H and O–H groups in total. The van der Waals surface area contributed by atoms with Crippen LogP contribution in [0.3, 0.4) is 0 Å². The molecule has 0 radical (unpaired) electrons. The molecule has 0 bridgehead atoms. The second kappa shape index (κ2) is 8.32. The molecule has 0 saturated carbocycles. The van der Waals surface area contributed by atoms with Crippen LogP contribution >= 0.6 is 81.2 Å². The van der Waals surface area contributed by atoms with Crippen LogP contribution in [-0.2, 0) is 14.2 Å². The molecular formula is C14H8Cl7N3O. The van der Waals surface area contributed by atoms with E-state index in [-0.39, 0.29) is 24.1 Å². The Morgan fingerprint density at radius 1 is 0.880 bits per heavy atom. The third kappa shape index (κ3) is 5.98. The summed E-state index contributed by atoms with van der Waals surface area (Å²) in [5.41, 5.74) is 1.34. The van der Waals surface area contributed by atoms with Crippen LogP contribution in [0.15, 0.2) is 18.2 Å². The highest BCUT2D eigenvalue weighted by molar-refractivity contribution is 6.67. The minimum atomic E-state index is -1.91. The Hall–Kier alpha value is -0.0400. The molecule has 0 atom stereocenters. The van der Waals surface area contributed by atoms with Crippen LogP contribution < -0.4 is 0 Å². The number of halogens is 7. The lowest BCUT2D eigenvalue weighted by molar-refractivity contribution is 0.282. The van der Waals surface area contributed by atoms with E-state index in [0.717, 1.165) is 5.56 Å².